The summed E-state index contributed by atoms with van der Waals surface area (Å²) in [4.78, 5) is 13.4. The zero-order valence-electron chi connectivity index (χ0n) is 14.8. The van der Waals surface area contributed by atoms with Crippen LogP contribution in [0.5, 0.6) is 0 Å². The van der Waals surface area contributed by atoms with Crippen molar-refractivity contribution in [3.8, 4) is 0 Å². The van der Waals surface area contributed by atoms with Crippen molar-refractivity contribution < 1.29 is 23.8 Å². The number of hydrogen-bond donors (Lipinski definition) is 1. The molecule has 1 aliphatic rings. The van der Waals surface area contributed by atoms with Gasteiger partial charge < -0.3 is 14.6 Å². The topological polar surface area (TPSA) is 59.0 Å². The van der Waals surface area contributed by atoms with Gasteiger partial charge in [-0.2, -0.15) is 0 Å². The summed E-state index contributed by atoms with van der Waals surface area (Å²) < 4.78 is 24.7. The van der Waals surface area contributed by atoms with E-state index in [2.05, 4.69) is 0 Å². The molecule has 25 heavy (non-hydrogen) atoms. The number of benzene rings is 1. The number of rotatable bonds is 10. The Morgan fingerprint density at radius 1 is 1.48 bits per heavy atom. The van der Waals surface area contributed by atoms with Crippen molar-refractivity contribution in [2.24, 2.45) is 0 Å². The molecular weight excluding hydrogens is 325 g/mol. The van der Waals surface area contributed by atoms with Crippen molar-refractivity contribution in [2.75, 3.05) is 26.3 Å². The Morgan fingerprint density at radius 2 is 2.28 bits per heavy atom. The molecular formula is C19H28FNO4. The minimum absolute atomic E-state index is 0.0435. The second-order valence-electron chi connectivity index (χ2n) is 6.51. The first kappa shape index (κ1) is 19.8. The fourth-order valence-electron chi connectivity index (χ4n) is 2.96. The monoisotopic (exact) mass is 353 g/mol. The second kappa shape index (κ2) is 10.5. The van der Waals surface area contributed by atoms with E-state index in [1.54, 1.807) is 18.2 Å². The van der Waals surface area contributed by atoms with Crippen LogP contribution in [-0.4, -0.2) is 54.5 Å². The molecule has 0 radical (unpaired) electrons. The highest BCUT2D eigenvalue weighted by molar-refractivity contribution is 5.69. The van der Waals surface area contributed by atoms with Crippen LogP contribution < -0.4 is 0 Å². The summed E-state index contributed by atoms with van der Waals surface area (Å²) in [6, 6.07) is 6.63. The van der Waals surface area contributed by atoms with Crippen LogP contribution in [0.15, 0.2) is 24.3 Å². The van der Waals surface area contributed by atoms with Crippen LogP contribution >= 0.6 is 0 Å². The highest BCUT2D eigenvalue weighted by Gasteiger charge is 2.22. The molecule has 1 fully saturated rings. The number of carbonyl (C=O) groups is 1. The Hall–Kier alpha value is -1.50. The Balaban J connectivity index is 1.91. The van der Waals surface area contributed by atoms with E-state index in [9.17, 15) is 14.3 Å². The second-order valence-corrected chi connectivity index (χ2v) is 6.51. The van der Waals surface area contributed by atoms with Crippen LogP contribution in [0.25, 0.3) is 0 Å². The zero-order chi connectivity index (χ0) is 18.1. The molecule has 0 spiro atoms. The van der Waals surface area contributed by atoms with E-state index < -0.39 is 6.10 Å². The first-order chi connectivity index (χ1) is 12.1. The van der Waals surface area contributed by atoms with E-state index in [4.69, 9.17) is 9.47 Å². The van der Waals surface area contributed by atoms with Crippen LogP contribution in [0.3, 0.4) is 0 Å². The van der Waals surface area contributed by atoms with Gasteiger partial charge in [0.1, 0.15) is 18.5 Å². The lowest BCUT2D eigenvalue weighted by Gasteiger charge is -2.27. The van der Waals surface area contributed by atoms with Crippen molar-refractivity contribution in [3.05, 3.63) is 35.6 Å². The van der Waals surface area contributed by atoms with Crippen molar-refractivity contribution in [3.63, 3.8) is 0 Å². The van der Waals surface area contributed by atoms with Crippen molar-refractivity contribution >= 4 is 5.97 Å². The fourth-order valence-corrected chi connectivity index (χ4v) is 2.96. The Kier molecular flexibility index (Phi) is 8.31. The summed E-state index contributed by atoms with van der Waals surface area (Å²) in [6.45, 7) is 3.90. The predicted octanol–water partition coefficient (Wildman–Crippen LogP) is 2.51. The lowest BCUT2D eigenvalue weighted by Crippen LogP contribution is -2.39. The molecule has 1 aliphatic heterocycles. The Labute approximate surface area is 148 Å². The quantitative estimate of drug-likeness (QED) is 0.655. The van der Waals surface area contributed by atoms with Gasteiger partial charge in [0.05, 0.1) is 6.10 Å². The summed E-state index contributed by atoms with van der Waals surface area (Å²) in [7, 11) is 0. The van der Waals surface area contributed by atoms with Crippen molar-refractivity contribution in [1.29, 1.82) is 0 Å². The van der Waals surface area contributed by atoms with Gasteiger partial charge in [-0.05, 0) is 25.3 Å². The first-order valence-corrected chi connectivity index (χ1v) is 8.99. The maximum absolute atomic E-state index is 13.9. The van der Waals surface area contributed by atoms with Gasteiger partial charge in [-0.3, -0.25) is 9.69 Å². The molecule has 1 aromatic carbocycles. The molecule has 140 valence electrons. The maximum Gasteiger partial charge on any atom is 0.305 e. The van der Waals surface area contributed by atoms with Gasteiger partial charge in [-0.1, -0.05) is 25.1 Å². The molecule has 1 saturated heterocycles. The summed E-state index contributed by atoms with van der Waals surface area (Å²) in [5, 5.41) is 10.2. The molecule has 0 saturated carbocycles. The molecule has 2 unspecified atom stereocenters. The number of halogens is 1. The minimum Gasteiger partial charge on any atom is -0.463 e. The lowest BCUT2D eigenvalue weighted by molar-refractivity contribution is -0.147. The zero-order valence-corrected chi connectivity index (χ0v) is 14.8. The first-order valence-electron chi connectivity index (χ1n) is 8.99. The molecule has 0 aliphatic carbocycles. The standard InChI is InChI=1S/C19H28FNO4/c1-2-6-19(23)25-14-16(22)12-21(13-17-8-5-10-24-17)11-15-7-3-4-9-18(15)20/h3-4,7,9,16-17,22H,2,5-6,8,10-14H2,1H3. The van der Waals surface area contributed by atoms with Gasteiger partial charge in [0.25, 0.3) is 0 Å². The molecule has 0 bridgehead atoms. The third kappa shape index (κ3) is 7.10. The number of nitrogens with zero attached hydrogens (tertiary/aromatic N) is 1. The van der Waals surface area contributed by atoms with Crippen molar-refractivity contribution in [2.45, 2.75) is 51.4 Å². The van der Waals surface area contributed by atoms with Gasteiger partial charge in [-0.15, -0.1) is 0 Å². The third-order valence-electron chi connectivity index (χ3n) is 4.20. The number of aliphatic hydroxyl groups is 1. The molecule has 1 N–H and O–H groups in total. The van der Waals surface area contributed by atoms with E-state index >= 15 is 0 Å². The third-order valence-corrected chi connectivity index (χ3v) is 4.20. The molecule has 1 aromatic rings. The van der Waals surface area contributed by atoms with Crippen LogP contribution in [0.2, 0.25) is 0 Å². The summed E-state index contributed by atoms with van der Waals surface area (Å²) in [5.41, 5.74) is 0.579. The van der Waals surface area contributed by atoms with E-state index in [1.807, 2.05) is 11.8 Å². The molecule has 0 aromatic heterocycles. The summed E-state index contributed by atoms with van der Waals surface area (Å²) in [5.74, 6) is -0.565. The predicted molar refractivity (Wildman–Crippen MR) is 92.5 cm³/mol. The normalized spacial score (nSPS) is 18.5. The maximum atomic E-state index is 13.9. The summed E-state index contributed by atoms with van der Waals surface area (Å²) in [6.07, 6.45) is 2.34. The smallest absolute Gasteiger partial charge is 0.305 e. The van der Waals surface area contributed by atoms with Crippen LogP contribution in [0.4, 0.5) is 4.39 Å². The van der Waals surface area contributed by atoms with Crippen LogP contribution in [-0.2, 0) is 20.8 Å². The molecule has 1 heterocycles. The lowest BCUT2D eigenvalue weighted by atomic mass is 10.1. The van der Waals surface area contributed by atoms with E-state index in [0.29, 0.717) is 38.0 Å². The van der Waals surface area contributed by atoms with E-state index in [1.165, 1.54) is 6.07 Å². The molecule has 2 rings (SSSR count). The number of ether oxygens (including phenoxy) is 2. The van der Waals surface area contributed by atoms with E-state index in [0.717, 1.165) is 19.4 Å². The molecule has 6 heteroatoms. The van der Waals surface area contributed by atoms with Gasteiger partial charge >= 0.3 is 5.97 Å². The average Bonchev–Trinajstić information content (AvgIpc) is 3.08. The van der Waals surface area contributed by atoms with E-state index in [-0.39, 0.29) is 24.5 Å². The largest absolute Gasteiger partial charge is 0.463 e. The van der Waals surface area contributed by atoms with Crippen LogP contribution in [0.1, 0.15) is 38.2 Å². The minimum atomic E-state index is -0.811. The Bertz CT molecular complexity index is 534. The molecule has 0 amide bonds. The molecule has 2 atom stereocenters. The van der Waals surface area contributed by atoms with Gasteiger partial charge in [-0.25, -0.2) is 4.39 Å². The SMILES string of the molecule is CCCC(=O)OCC(O)CN(Cc1ccccc1F)CC1CCCO1. The average molecular weight is 353 g/mol. The highest BCUT2D eigenvalue weighted by Crippen LogP contribution is 2.16. The van der Waals surface area contributed by atoms with Gasteiger partial charge in [0.2, 0.25) is 0 Å². The van der Waals surface area contributed by atoms with Crippen LogP contribution in [0, 0.1) is 5.82 Å². The fraction of sp³-hybridized carbons (Fsp3) is 0.632. The van der Waals surface area contributed by atoms with Crippen molar-refractivity contribution in [1.82, 2.24) is 4.90 Å². The Morgan fingerprint density at radius 3 is 2.96 bits per heavy atom. The van der Waals surface area contributed by atoms with Gasteiger partial charge in [0, 0.05) is 38.2 Å². The van der Waals surface area contributed by atoms with Gasteiger partial charge in [0.15, 0.2) is 0 Å². The summed E-state index contributed by atoms with van der Waals surface area (Å²) >= 11 is 0. The number of carbonyl (C=O) groups excluding carboxylic acids is 1. The number of hydrogen-bond acceptors (Lipinski definition) is 5. The highest BCUT2D eigenvalue weighted by atomic mass is 19.1. The molecule has 5 nitrogen and oxygen atoms in total. The number of esters is 1. The number of aliphatic hydroxyl groups excluding tert-OH is 1.